The zero-order valence-corrected chi connectivity index (χ0v) is 22.4. The van der Waals surface area contributed by atoms with Crippen LogP contribution in [0.15, 0.2) is 120 Å². The number of rotatable bonds is 2. The third-order valence-electron chi connectivity index (χ3n) is 8.36. The summed E-state index contributed by atoms with van der Waals surface area (Å²) in [5.74, 6) is 0. The normalized spacial score (nSPS) is 12.5. The predicted octanol–water partition coefficient (Wildman–Crippen LogP) is 11.1. The van der Waals surface area contributed by atoms with Crippen LogP contribution in [-0.2, 0) is 5.41 Å². The molecule has 0 fully saturated rings. The van der Waals surface area contributed by atoms with Crippen LogP contribution < -0.4 is 0 Å². The van der Waals surface area contributed by atoms with Crippen LogP contribution in [0.3, 0.4) is 0 Å². The van der Waals surface area contributed by atoms with Crippen molar-refractivity contribution in [1.29, 1.82) is 0 Å². The highest BCUT2D eigenvalue weighted by atomic mass is 16.3. The Bertz CT molecular complexity index is 2170. The molecule has 1 heteroatoms. The van der Waals surface area contributed by atoms with Gasteiger partial charge in [0.25, 0.3) is 0 Å². The van der Waals surface area contributed by atoms with E-state index < -0.39 is 0 Å². The third-order valence-corrected chi connectivity index (χ3v) is 8.36. The fourth-order valence-corrected chi connectivity index (χ4v) is 6.43. The zero-order chi connectivity index (χ0) is 26.3. The molecule has 7 aromatic carbocycles. The van der Waals surface area contributed by atoms with Gasteiger partial charge in [0.05, 0.1) is 0 Å². The number of para-hydroxylation sites is 1. The van der Waals surface area contributed by atoms with Crippen molar-refractivity contribution in [3.63, 3.8) is 0 Å². The van der Waals surface area contributed by atoms with Crippen LogP contribution in [0.4, 0.5) is 0 Å². The van der Waals surface area contributed by atoms with Crippen molar-refractivity contribution < 1.29 is 4.42 Å². The highest BCUT2D eigenvalue weighted by molar-refractivity contribution is 6.29. The Kier molecular flexibility index (Phi) is 4.56. The van der Waals surface area contributed by atoms with E-state index in [-0.39, 0.29) is 5.41 Å². The summed E-state index contributed by atoms with van der Waals surface area (Å²) in [5.41, 5.74) is 8.25. The van der Waals surface area contributed by atoms with E-state index in [9.17, 15) is 0 Å². The summed E-state index contributed by atoms with van der Waals surface area (Å²) in [6.45, 7) is 6.88. The van der Waals surface area contributed by atoms with Gasteiger partial charge in [-0.3, -0.25) is 0 Å². The van der Waals surface area contributed by atoms with Gasteiger partial charge in [-0.2, -0.15) is 0 Å². The van der Waals surface area contributed by atoms with Gasteiger partial charge in [-0.15, -0.1) is 0 Å². The second kappa shape index (κ2) is 7.94. The minimum absolute atomic E-state index is 0.0861. The maximum Gasteiger partial charge on any atom is 0.136 e. The van der Waals surface area contributed by atoms with Crippen molar-refractivity contribution >= 4 is 54.3 Å². The summed E-state index contributed by atoms with van der Waals surface area (Å²) in [6.07, 6.45) is 0. The fourth-order valence-electron chi connectivity index (χ4n) is 6.43. The van der Waals surface area contributed by atoms with Crippen molar-refractivity contribution in [3.05, 3.63) is 121 Å². The summed E-state index contributed by atoms with van der Waals surface area (Å²) in [5, 5.41) is 10.2. The smallest absolute Gasteiger partial charge is 0.136 e. The first-order chi connectivity index (χ1) is 19.0. The molecule has 1 aromatic heterocycles. The van der Waals surface area contributed by atoms with Gasteiger partial charge in [-0.05, 0) is 83.7 Å². The van der Waals surface area contributed by atoms with Gasteiger partial charge in [-0.1, -0.05) is 118 Å². The van der Waals surface area contributed by atoms with Crippen LogP contribution in [0.2, 0.25) is 0 Å². The topological polar surface area (TPSA) is 13.1 Å². The van der Waals surface area contributed by atoms with Crippen LogP contribution in [0.25, 0.3) is 76.5 Å². The molecule has 0 bridgehead atoms. The van der Waals surface area contributed by atoms with Crippen molar-refractivity contribution in [2.24, 2.45) is 0 Å². The Morgan fingerprint density at radius 1 is 0.462 bits per heavy atom. The van der Waals surface area contributed by atoms with Gasteiger partial charge in [0.1, 0.15) is 11.2 Å². The molecular formula is C38H28O. The van der Waals surface area contributed by atoms with Gasteiger partial charge >= 0.3 is 0 Å². The second-order valence-electron chi connectivity index (χ2n) is 11.8. The first-order valence-electron chi connectivity index (χ1n) is 13.7. The molecule has 39 heavy (non-hydrogen) atoms. The maximum atomic E-state index is 6.30. The molecule has 1 nitrogen and oxygen atoms in total. The standard InChI is InChI=1S/C38H28O/c1-38(2,3)26-20-24-16-18-28-31(23-10-5-4-6-11-23)22-32(29-19-17-25(21-26)35(24)37(28)29)27-13-9-15-34-36(27)30-12-7-8-14-33(30)39-34/h4-22H,1-3H3. The third kappa shape index (κ3) is 3.26. The molecule has 0 unspecified atom stereocenters. The first kappa shape index (κ1) is 22.4. The summed E-state index contributed by atoms with van der Waals surface area (Å²) in [4.78, 5) is 0. The van der Waals surface area contributed by atoms with Gasteiger partial charge in [0, 0.05) is 10.8 Å². The van der Waals surface area contributed by atoms with Gasteiger partial charge in [0.2, 0.25) is 0 Å². The molecule has 0 amide bonds. The monoisotopic (exact) mass is 500 g/mol. The van der Waals surface area contributed by atoms with E-state index in [1.54, 1.807) is 0 Å². The number of furan rings is 1. The molecule has 0 atom stereocenters. The lowest BCUT2D eigenvalue weighted by molar-refractivity contribution is 0.591. The molecule has 0 radical (unpaired) electrons. The zero-order valence-electron chi connectivity index (χ0n) is 22.4. The quantitative estimate of drug-likeness (QED) is 0.215. The highest BCUT2D eigenvalue weighted by Gasteiger charge is 2.21. The molecule has 8 rings (SSSR count). The minimum Gasteiger partial charge on any atom is -0.456 e. The van der Waals surface area contributed by atoms with Crippen LogP contribution in [0.1, 0.15) is 26.3 Å². The van der Waals surface area contributed by atoms with Crippen LogP contribution >= 0.6 is 0 Å². The maximum absolute atomic E-state index is 6.30. The molecule has 8 aromatic rings. The Morgan fingerprint density at radius 2 is 1.13 bits per heavy atom. The van der Waals surface area contributed by atoms with Crippen LogP contribution in [-0.4, -0.2) is 0 Å². The largest absolute Gasteiger partial charge is 0.456 e. The van der Waals surface area contributed by atoms with Crippen molar-refractivity contribution in [3.8, 4) is 22.3 Å². The van der Waals surface area contributed by atoms with E-state index in [0.717, 1.165) is 16.6 Å². The lowest BCUT2D eigenvalue weighted by Crippen LogP contribution is -2.10. The second-order valence-corrected chi connectivity index (χ2v) is 11.8. The molecule has 0 spiro atoms. The van der Waals surface area contributed by atoms with Gasteiger partial charge in [0.15, 0.2) is 0 Å². The van der Waals surface area contributed by atoms with Gasteiger partial charge in [-0.25, -0.2) is 0 Å². The molecule has 0 N–H and O–H groups in total. The summed E-state index contributed by atoms with van der Waals surface area (Å²) in [6, 6.07) is 42.1. The molecule has 0 saturated heterocycles. The molecule has 0 aliphatic heterocycles. The van der Waals surface area contributed by atoms with E-state index in [1.165, 1.54) is 65.5 Å². The van der Waals surface area contributed by atoms with Crippen molar-refractivity contribution in [2.45, 2.75) is 26.2 Å². The number of fused-ring (bicyclic) bond motifs is 3. The number of hydrogen-bond donors (Lipinski definition) is 0. The summed E-state index contributed by atoms with van der Waals surface area (Å²) >= 11 is 0. The van der Waals surface area contributed by atoms with E-state index in [1.807, 2.05) is 6.07 Å². The van der Waals surface area contributed by atoms with Crippen LogP contribution in [0.5, 0.6) is 0 Å². The molecule has 186 valence electrons. The molecule has 0 aliphatic rings. The average molecular weight is 501 g/mol. The lowest BCUT2D eigenvalue weighted by atomic mass is 9.81. The molecule has 1 heterocycles. The van der Waals surface area contributed by atoms with E-state index >= 15 is 0 Å². The fraction of sp³-hybridized carbons (Fsp3) is 0.105. The predicted molar refractivity (Wildman–Crippen MR) is 167 cm³/mol. The van der Waals surface area contributed by atoms with Crippen LogP contribution in [0, 0.1) is 0 Å². The number of benzene rings is 7. The Morgan fingerprint density at radius 3 is 1.87 bits per heavy atom. The molecular weight excluding hydrogens is 472 g/mol. The van der Waals surface area contributed by atoms with E-state index in [4.69, 9.17) is 4.42 Å². The van der Waals surface area contributed by atoms with Crippen molar-refractivity contribution in [2.75, 3.05) is 0 Å². The highest BCUT2D eigenvalue weighted by Crippen LogP contribution is 2.47. The Balaban J connectivity index is 1.57. The summed E-state index contributed by atoms with van der Waals surface area (Å²) in [7, 11) is 0. The first-order valence-corrected chi connectivity index (χ1v) is 13.7. The van der Waals surface area contributed by atoms with Gasteiger partial charge < -0.3 is 4.42 Å². The number of hydrogen-bond acceptors (Lipinski definition) is 1. The summed E-state index contributed by atoms with van der Waals surface area (Å²) < 4.78 is 6.30. The average Bonchev–Trinajstić information content (AvgIpc) is 3.34. The minimum atomic E-state index is 0.0861. The SMILES string of the molecule is CC(C)(C)c1cc2ccc3c(-c4ccccc4)cc(-c4cccc5oc6ccccc6c45)c4ccc(c1)c2c34. The lowest BCUT2D eigenvalue weighted by Gasteiger charge is -2.23. The van der Waals surface area contributed by atoms with Crippen molar-refractivity contribution in [1.82, 2.24) is 0 Å². The van der Waals surface area contributed by atoms with E-state index in [2.05, 4.69) is 130 Å². The van der Waals surface area contributed by atoms with E-state index in [0.29, 0.717) is 0 Å². The molecule has 0 aliphatic carbocycles. The molecule has 0 saturated carbocycles. The Hall–Kier alpha value is -4.62. The Labute approximate surface area is 227 Å².